The predicted molar refractivity (Wildman–Crippen MR) is 61.3 cm³/mol. The minimum Gasteiger partial charge on any atom is -0.395 e. The lowest BCUT2D eigenvalue weighted by Gasteiger charge is -1.85. The van der Waals surface area contributed by atoms with Crippen molar-refractivity contribution in [2.24, 2.45) is 0 Å². The summed E-state index contributed by atoms with van der Waals surface area (Å²) in [5, 5.41) is 7.79. The maximum absolute atomic E-state index is 5.87. The summed E-state index contributed by atoms with van der Waals surface area (Å²) in [5.41, 5.74) is 8.62. The molecule has 0 spiro atoms. The van der Waals surface area contributed by atoms with Crippen LogP contribution in [0, 0.1) is 13.8 Å². The fraction of sp³-hybridized carbons (Fsp3) is 0.200. The molecule has 6 heteroatoms. The highest BCUT2D eigenvalue weighted by Gasteiger charge is 2.19. The molecule has 0 aliphatic heterocycles. The number of fused-ring (bicyclic) bond motifs is 1. The Labute approximate surface area is 94.8 Å². The number of aromatic nitrogens is 2. The van der Waals surface area contributed by atoms with E-state index in [1.54, 1.807) is 11.3 Å². The van der Waals surface area contributed by atoms with Crippen molar-refractivity contribution in [3.63, 3.8) is 0 Å². The van der Waals surface area contributed by atoms with Crippen LogP contribution in [0.3, 0.4) is 0 Å². The Hall–Kier alpha value is -1.82. The summed E-state index contributed by atoms with van der Waals surface area (Å²) in [7, 11) is 0. The second-order valence-corrected chi connectivity index (χ2v) is 4.82. The van der Waals surface area contributed by atoms with E-state index >= 15 is 0 Å². The Bertz CT molecular complexity index is 665. The first-order valence-electron chi connectivity index (χ1n) is 4.74. The number of thiophene rings is 1. The van der Waals surface area contributed by atoms with Crippen molar-refractivity contribution in [2.75, 3.05) is 5.73 Å². The molecule has 82 valence electrons. The molecule has 0 amide bonds. The Kier molecular flexibility index (Phi) is 1.81. The predicted octanol–water partition coefficient (Wildman–Crippen LogP) is 2.74. The smallest absolute Gasteiger partial charge is 0.201 e. The number of nitrogens with zero attached hydrogens (tertiary/aromatic N) is 2. The zero-order valence-corrected chi connectivity index (χ0v) is 9.59. The van der Waals surface area contributed by atoms with Crippen LogP contribution < -0.4 is 5.73 Å². The number of hydrogen-bond acceptors (Lipinski definition) is 6. The molecule has 3 heterocycles. The number of nitrogens with two attached hydrogens (primary N) is 1. The van der Waals surface area contributed by atoms with Gasteiger partial charge in [0.2, 0.25) is 5.58 Å². The summed E-state index contributed by atoms with van der Waals surface area (Å²) in [6.07, 6.45) is 0. The maximum atomic E-state index is 5.87. The minimum absolute atomic E-state index is 0.609. The van der Waals surface area contributed by atoms with Gasteiger partial charge in [-0.05, 0) is 13.8 Å². The van der Waals surface area contributed by atoms with Crippen LogP contribution >= 0.6 is 11.3 Å². The number of nitrogen functional groups attached to an aromatic ring is 1. The summed E-state index contributed by atoms with van der Waals surface area (Å²) in [6.45, 7) is 3.81. The zero-order chi connectivity index (χ0) is 11.3. The highest BCUT2D eigenvalue weighted by molar-refractivity contribution is 7.20. The molecule has 16 heavy (non-hydrogen) atoms. The lowest BCUT2D eigenvalue weighted by molar-refractivity contribution is 0.416. The Morgan fingerprint density at radius 2 is 2.06 bits per heavy atom. The molecule has 2 N–H and O–H groups in total. The molecule has 0 aliphatic carbocycles. The van der Waals surface area contributed by atoms with Crippen LogP contribution in [0.25, 0.3) is 21.7 Å². The quantitative estimate of drug-likeness (QED) is 0.701. The van der Waals surface area contributed by atoms with Gasteiger partial charge in [0.15, 0.2) is 11.5 Å². The van der Waals surface area contributed by atoms with Crippen LogP contribution in [0.2, 0.25) is 0 Å². The molecule has 0 aliphatic rings. The normalized spacial score (nSPS) is 11.4. The van der Waals surface area contributed by atoms with Crippen molar-refractivity contribution in [3.8, 4) is 11.5 Å². The van der Waals surface area contributed by atoms with Gasteiger partial charge in [-0.2, -0.15) is 0 Å². The van der Waals surface area contributed by atoms with Crippen LogP contribution in [-0.4, -0.2) is 10.3 Å². The summed E-state index contributed by atoms with van der Waals surface area (Å²) < 4.78 is 11.3. The van der Waals surface area contributed by atoms with Gasteiger partial charge in [0.05, 0.1) is 11.4 Å². The van der Waals surface area contributed by atoms with Crippen LogP contribution in [0.1, 0.15) is 10.6 Å². The second-order valence-electron chi connectivity index (χ2n) is 3.59. The molecule has 3 aromatic rings. The zero-order valence-electron chi connectivity index (χ0n) is 8.77. The van der Waals surface area contributed by atoms with Gasteiger partial charge in [-0.15, -0.1) is 11.3 Å². The molecular formula is C10H9N3O2S. The number of anilines is 1. The molecule has 0 saturated heterocycles. The first kappa shape index (κ1) is 9.41. The second kappa shape index (κ2) is 3.08. The molecule has 0 aromatic carbocycles. The lowest BCUT2D eigenvalue weighted by atomic mass is 10.3. The van der Waals surface area contributed by atoms with Crippen molar-refractivity contribution < 1.29 is 9.05 Å². The molecular weight excluding hydrogens is 226 g/mol. The third kappa shape index (κ3) is 1.16. The van der Waals surface area contributed by atoms with E-state index in [1.165, 1.54) is 0 Å². The molecule has 0 saturated carbocycles. The van der Waals surface area contributed by atoms with Crippen LogP contribution in [0.5, 0.6) is 0 Å². The van der Waals surface area contributed by atoms with Crippen LogP contribution in [-0.2, 0) is 0 Å². The van der Waals surface area contributed by atoms with Crippen molar-refractivity contribution in [1.29, 1.82) is 0 Å². The molecule has 0 atom stereocenters. The topological polar surface area (TPSA) is 78.1 Å². The van der Waals surface area contributed by atoms with Gasteiger partial charge in [0.1, 0.15) is 4.70 Å². The van der Waals surface area contributed by atoms with Crippen LogP contribution in [0.15, 0.2) is 15.1 Å². The van der Waals surface area contributed by atoms with E-state index in [9.17, 15) is 0 Å². The molecule has 5 nitrogen and oxygen atoms in total. The highest BCUT2D eigenvalue weighted by Crippen LogP contribution is 2.39. The van der Waals surface area contributed by atoms with Gasteiger partial charge in [-0.1, -0.05) is 10.3 Å². The van der Waals surface area contributed by atoms with Crippen LogP contribution in [0.4, 0.5) is 5.69 Å². The molecule has 0 radical (unpaired) electrons. The SMILES string of the molecule is Cc1cc(-c2noc3c(N)c(C)sc23)on1. The first-order valence-corrected chi connectivity index (χ1v) is 5.56. The minimum atomic E-state index is 0.609. The van der Waals surface area contributed by atoms with Gasteiger partial charge in [-0.3, -0.25) is 0 Å². The Morgan fingerprint density at radius 1 is 1.25 bits per heavy atom. The fourth-order valence-corrected chi connectivity index (χ4v) is 2.53. The molecule has 3 aromatic heterocycles. The van der Waals surface area contributed by atoms with E-state index in [4.69, 9.17) is 14.8 Å². The standard InChI is InChI=1S/C10H9N3O2S/c1-4-3-6(14-12-4)8-10-9(15-13-8)7(11)5(2)16-10/h3H,11H2,1-2H3. The summed E-state index contributed by atoms with van der Waals surface area (Å²) in [5.74, 6) is 0.609. The van der Waals surface area contributed by atoms with E-state index in [0.29, 0.717) is 22.7 Å². The van der Waals surface area contributed by atoms with E-state index in [0.717, 1.165) is 15.3 Å². The van der Waals surface area contributed by atoms with E-state index in [-0.39, 0.29) is 0 Å². The molecule has 3 rings (SSSR count). The lowest BCUT2D eigenvalue weighted by Crippen LogP contribution is -1.81. The largest absolute Gasteiger partial charge is 0.395 e. The van der Waals surface area contributed by atoms with E-state index in [1.807, 2.05) is 19.9 Å². The average molecular weight is 235 g/mol. The van der Waals surface area contributed by atoms with Crippen molar-refractivity contribution >= 4 is 27.3 Å². The maximum Gasteiger partial charge on any atom is 0.201 e. The number of hydrogen-bond donors (Lipinski definition) is 1. The van der Waals surface area contributed by atoms with E-state index < -0.39 is 0 Å². The van der Waals surface area contributed by atoms with Crippen molar-refractivity contribution in [1.82, 2.24) is 10.3 Å². The first-order chi connectivity index (χ1) is 7.66. The van der Waals surface area contributed by atoms with Gasteiger partial charge in [-0.25, -0.2) is 0 Å². The van der Waals surface area contributed by atoms with Gasteiger partial charge < -0.3 is 14.8 Å². The van der Waals surface area contributed by atoms with Crippen molar-refractivity contribution in [2.45, 2.75) is 13.8 Å². The summed E-state index contributed by atoms with van der Waals surface area (Å²) in [6, 6.07) is 1.82. The molecule has 0 bridgehead atoms. The number of aryl methyl sites for hydroxylation is 2. The molecule has 0 unspecified atom stereocenters. The fourth-order valence-electron chi connectivity index (χ4n) is 1.55. The number of rotatable bonds is 1. The highest BCUT2D eigenvalue weighted by atomic mass is 32.1. The van der Waals surface area contributed by atoms with Crippen molar-refractivity contribution in [3.05, 3.63) is 16.6 Å². The van der Waals surface area contributed by atoms with Gasteiger partial charge in [0, 0.05) is 10.9 Å². The summed E-state index contributed by atoms with van der Waals surface area (Å²) >= 11 is 1.55. The summed E-state index contributed by atoms with van der Waals surface area (Å²) in [4.78, 5) is 1.02. The Morgan fingerprint density at radius 3 is 2.75 bits per heavy atom. The van der Waals surface area contributed by atoms with E-state index in [2.05, 4.69) is 10.3 Å². The monoisotopic (exact) mass is 235 g/mol. The van der Waals surface area contributed by atoms with Gasteiger partial charge in [0.25, 0.3) is 0 Å². The molecule has 0 fully saturated rings. The Balaban J connectivity index is 2.28. The third-order valence-corrected chi connectivity index (χ3v) is 3.50. The third-order valence-electron chi connectivity index (χ3n) is 2.39. The average Bonchev–Trinajstić information content (AvgIpc) is 2.88. The van der Waals surface area contributed by atoms with Gasteiger partial charge >= 0.3 is 0 Å².